The number of aryl methyl sites for hydroxylation is 1. The van der Waals surface area contributed by atoms with Gasteiger partial charge in [-0.2, -0.15) is 0 Å². The fourth-order valence-electron chi connectivity index (χ4n) is 4.12. The largest absolute Gasteiger partial charge is 0.465 e. The molecule has 1 aromatic heterocycles. The number of benzene rings is 1. The fourth-order valence-corrected chi connectivity index (χ4v) is 4.49. The van der Waals surface area contributed by atoms with Crippen LogP contribution in [0.1, 0.15) is 34.5 Å². The summed E-state index contributed by atoms with van der Waals surface area (Å²) in [5, 5.41) is 10.8. The second-order valence-electron chi connectivity index (χ2n) is 7.44. The topological polar surface area (TPSA) is 117 Å². The second-order valence-corrected chi connectivity index (χ2v) is 7.81. The van der Waals surface area contributed by atoms with Gasteiger partial charge in [-0.15, -0.1) is 0 Å². The van der Waals surface area contributed by atoms with Crippen LogP contribution in [0.3, 0.4) is 0 Å². The molecule has 1 saturated heterocycles. The van der Waals surface area contributed by atoms with Gasteiger partial charge in [0.1, 0.15) is 6.04 Å². The number of nitrogens with two attached hydrogens (primary N) is 1. The Kier molecular flexibility index (Phi) is 5.04. The number of carbonyl (C=O) groups excluding carboxylic acids is 2. The molecule has 8 nitrogen and oxygen atoms in total. The van der Waals surface area contributed by atoms with Crippen LogP contribution in [-0.2, 0) is 17.6 Å². The van der Waals surface area contributed by atoms with Crippen LogP contribution >= 0.6 is 11.6 Å². The minimum atomic E-state index is -1.23. The average molecular weight is 417 g/mol. The standard InChI is InChI=1S/C20H21ClN4O4/c21-17-12-3-1-2-4-14(12)23-15-9-11(5-6-13(15)17)19(27)24-7-8-25(20(28)29)16(10-24)18(22)26/h5-6,9,16H,1-4,7-8,10H2,(H2,22,26)(H,28,29). The molecule has 2 aliphatic rings. The average Bonchev–Trinajstić information content (AvgIpc) is 2.72. The summed E-state index contributed by atoms with van der Waals surface area (Å²) >= 11 is 6.59. The van der Waals surface area contributed by atoms with E-state index in [1.54, 1.807) is 18.2 Å². The molecule has 152 valence electrons. The normalized spacial score (nSPS) is 19.1. The lowest BCUT2D eigenvalue weighted by Crippen LogP contribution is -2.60. The van der Waals surface area contributed by atoms with Gasteiger partial charge >= 0.3 is 6.09 Å². The Bertz CT molecular complexity index is 1030. The van der Waals surface area contributed by atoms with Crippen LogP contribution < -0.4 is 5.73 Å². The van der Waals surface area contributed by atoms with E-state index in [-0.39, 0.29) is 25.5 Å². The van der Waals surface area contributed by atoms with E-state index in [9.17, 15) is 19.5 Å². The van der Waals surface area contributed by atoms with Crippen molar-refractivity contribution in [2.75, 3.05) is 19.6 Å². The molecule has 4 rings (SSSR count). The molecule has 1 unspecified atom stereocenters. The van der Waals surface area contributed by atoms with Gasteiger partial charge in [0.15, 0.2) is 0 Å². The number of primary amides is 1. The maximum atomic E-state index is 13.0. The molecule has 2 aromatic rings. The van der Waals surface area contributed by atoms with Crippen LogP contribution in [0.4, 0.5) is 4.79 Å². The Morgan fingerprint density at radius 1 is 1.17 bits per heavy atom. The fraction of sp³-hybridized carbons (Fsp3) is 0.400. The van der Waals surface area contributed by atoms with Crippen molar-refractivity contribution in [1.29, 1.82) is 0 Å². The van der Waals surface area contributed by atoms with Gasteiger partial charge in [-0.3, -0.25) is 19.5 Å². The molecule has 1 atom stereocenters. The minimum absolute atomic E-state index is 0.0276. The highest BCUT2D eigenvalue weighted by Gasteiger charge is 2.36. The van der Waals surface area contributed by atoms with Crippen molar-refractivity contribution in [3.8, 4) is 0 Å². The molecule has 1 aliphatic heterocycles. The number of rotatable bonds is 2. The minimum Gasteiger partial charge on any atom is -0.465 e. The van der Waals surface area contributed by atoms with Crippen molar-refractivity contribution in [2.24, 2.45) is 5.73 Å². The van der Waals surface area contributed by atoms with Gasteiger partial charge in [0.05, 0.1) is 17.1 Å². The summed E-state index contributed by atoms with van der Waals surface area (Å²) < 4.78 is 0. The molecule has 0 bridgehead atoms. The number of carbonyl (C=O) groups is 3. The van der Waals surface area contributed by atoms with Crippen molar-refractivity contribution >= 4 is 40.4 Å². The highest BCUT2D eigenvalue weighted by molar-refractivity contribution is 6.36. The summed E-state index contributed by atoms with van der Waals surface area (Å²) in [6.45, 7) is 0.141. The van der Waals surface area contributed by atoms with E-state index in [0.29, 0.717) is 16.1 Å². The van der Waals surface area contributed by atoms with Gasteiger partial charge < -0.3 is 15.7 Å². The molecule has 3 N–H and O–H groups in total. The van der Waals surface area contributed by atoms with E-state index in [4.69, 9.17) is 22.3 Å². The zero-order chi connectivity index (χ0) is 20.7. The van der Waals surface area contributed by atoms with E-state index in [1.807, 2.05) is 0 Å². The Morgan fingerprint density at radius 2 is 1.93 bits per heavy atom. The van der Waals surface area contributed by atoms with Gasteiger partial charge in [-0.1, -0.05) is 17.7 Å². The Balaban J connectivity index is 1.63. The summed E-state index contributed by atoms with van der Waals surface area (Å²) in [4.78, 5) is 43.1. The number of hydrogen-bond donors (Lipinski definition) is 2. The van der Waals surface area contributed by atoms with Crippen LogP contribution in [0.5, 0.6) is 0 Å². The quantitative estimate of drug-likeness (QED) is 0.777. The van der Waals surface area contributed by atoms with Gasteiger partial charge in [0.2, 0.25) is 5.91 Å². The van der Waals surface area contributed by atoms with E-state index in [0.717, 1.165) is 47.2 Å². The SMILES string of the molecule is NC(=O)C1CN(C(=O)c2ccc3c(Cl)c4c(nc3c2)CCCC4)CCN1C(=O)O. The Hall–Kier alpha value is -2.87. The predicted molar refractivity (Wildman–Crippen MR) is 107 cm³/mol. The van der Waals surface area contributed by atoms with Crippen LogP contribution in [-0.4, -0.2) is 63.5 Å². The Labute approximate surface area is 172 Å². The van der Waals surface area contributed by atoms with Gasteiger partial charge in [-0.05, 0) is 43.4 Å². The highest BCUT2D eigenvalue weighted by Crippen LogP contribution is 2.33. The molecule has 1 aromatic carbocycles. The lowest BCUT2D eigenvalue weighted by atomic mass is 9.94. The first-order valence-electron chi connectivity index (χ1n) is 9.56. The molecule has 0 saturated carbocycles. The molecule has 1 aliphatic carbocycles. The highest BCUT2D eigenvalue weighted by atomic mass is 35.5. The molecule has 2 heterocycles. The monoisotopic (exact) mass is 416 g/mol. The maximum absolute atomic E-state index is 13.0. The molecular weight excluding hydrogens is 396 g/mol. The first-order valence-corrected chi connectivity index (χ1v) is 9.93. The predicted octanol–water partition coefficient (Wildman–Crippen LogP) is 2.06. The van der Waals surface area contributed by atoms with Crippen molar-refractivity contribution < 1.29 is 19.5 Å². The van der Waals surface area contributed by atoms with Crippen LogP contribution in [0, 0.1) is 0 Å². The number of amides is 3. The zero-order valence-electron chi connectivity index (χ0n) is 15.7. The number of carboxylic acid groups (broad SMARTS) is 1. The first kappa shape index (κ1) is 19.4. The summed E-state index contributed by atoms with van der Waals surface area (Å²) in [5.74, 6) is -1.07. The smallest absolute Gasteiger partial charge is 0.408 e. The lowest BCUT2D eigenvalue weighted by Gasteiger charge is -2.38. The molecule has 29 heavy (non-hydrogen) atoms. The van der Waals surface area contributed by atoms with E-state index < -0.39 is 18.0 Å². The van der Waals surface area contributed by atoms with Gasteiger partial charge in [0.25, 0.3) is 5.91 Å². The van der Waals surface area contributed by atoms with Crippen LogP contribution in [0.25, 0.3) is 10.9 Å². The number of pyridine rings is 1. The van der Waals surface area contributed by atoms with Crippen molar-refractivity contribution in [3.05, 3.63) is 40.0 Å². The molecule has 3 amide bonds. The zero-order valence-corrected chi connectivity index (χ0v) is 16.5. The maximum Gasteiger partial charge on any atom is 0.408 e. The van der Waals surface area contributed by atoms with Crippen LogP contribution in [0.2, 0.25) is 5.02 Å². The third-order valence-corrected chi connectivity index (χ3v) is 6.11. The van der Waals surface area contributed by atoms with Crippen molar-refractivity contribution in [2.45, 2.75) is 31.7 Å². The number of aromatic nitrogens is 1. The number of nitrogens with zero attached hydrogens (tertiary/aromatic N) is 3. The number of halogens is 1. The third kappa shape index (κ3) is 3.48. The third-order valence-electron chi connectivity index (χ3n) is 5.68. The lowest BCUT2D eigenvalue weighted by molar-refractivity contribution is -0.124. The van der Waals surface area contributed by atoms with Crippen molar-refractivity contribution in [1.82, 2.24) is 14.8 Å². The van der Waals surface area contributed by atoms with Crippen LogP contribution in [0.15, 0.2) is 18.2 Å². The number of fused-ring (bicyclic) bond motifs is 2. The molecule has 0 radical (unpaired) electrons. The molecule has 9 heteroatoms. The van der Waals surface area contributed by atoms with E-state index >= 15 is 0 Å². The van der Waals surface area contributed by atoms with E-state index in [1.165, 1.54) is 4.90 Å². The number of hydrogen-bond acceptors (Lipinski definition) is 4. The molecule has 0 spiro atoms. The Morgan fingerprint density at radius 3 is 2.66 bits per heavy atom. The van der Waals surface area contributed by atoms with Crippen molar-refractivity contribution in [3.63, 3.8) is 0 Å². The van der Waals surface area contributed by atoms with Gasteiger partial charge in [0, 0.05) is 29.7 Å². The summed E-state index contributed by atoms with van der Waals surface area (Å²) in [7, 11) is 0. The first-order chi connectivity index (χ1) is 13.9. The van der Waals surface area contributed by atoms with E-state index in [2.05, 4.69) is 0 Å². The van der Waals surface area contributed by atoms with Gasteiger partial charge in [-0.25, -0.2) is 4.79 Å². The molecule has 1 fully saturated rings. The molecular formula is C20H21ClN4O4. The number of piperazine rings is 1. The summed E-state index contributed by atoms with van der Waals surface area (Å²) in [6, 6.07) is 4.13. The summed E-state index contributed by atoms with van der Waals surface area (Å²) in [5.41, 5.74) is 8.51. The second kappa shape index (κ2) is 7.51. The summed E-state index contributed by atoms with van der Waals surface area (Å²) in [6.07, 6.45) is 2.74.